The van der Waals surface area contributed by atoms with Gasteiger partial charge in [0.2, 0.25) is 0 Å². The molecule has 4 heterocycles. The first-order chi connectivity index (χ1) is 13.7. The quantitative estimate of drug-likeness (QED) is 0.682. The fourth-order valence-corrected chi connectivity index (χ4v) is 3.81. The molecule has 0 bridgehead atoms. The Bertz CT molecular complexity index is 869. The summed E-state index contributed by atoms with van der Waals surface area (Å²) in [7, 11) is 1.98. The molecule has 0 atom stereocenters. The smallest absolute Gasteiger partial charge is 0.150 e. The minimum Gasteiger partial charge on any atom is -0.324 e. The van der Waals surface area contributed by atoms with E-state index in [0.29, 0.717) is 5.82 Å². The highest BCUT2D eigenvalue weighted by atomic mass is 15.2. The highest BCUT2D eigenvalue weighted by molar-refractivity contribution is 5.50. The van der Waals surface area contributed by atoms with Crippen molar-refractivity contribution in [2.75, 3.05) is 18.4 Å². The van der Waals surface area contributed by atoms with Crippen LogP contribution in [0.25, 0.3) is 0 Å². The van der Waals surface area contributed by atoms with Crippen LogP contribution in [0.3, 0.4) is 0 Å². The summed E-state index contributed by atoms with van der Waals surface area (Å²) in [5, 5.41) is 7.48. The number of hydrogen-bond donors (Lipinski definition) is 1. The standard InChI is InChI=1S/C21H27N7/c1-27-15-19(13-25-27)16-28-10-5-17(6-11-28)2-3-18-4-7-23-20(12-18)26-21-14-22-8-9-24-21/h4,7-9,12-15,17H,2-3,5-6,10-11,16H2,1H3,(H,23,24,26). The summed E-state index contributed by atoms with van der Waals surface area (Å²) in [6.07, 6.45) is 15.9. The molecular weight excluding hydrogens is 350 g/mol. The highest BCUT2D eigenvalue weighted by Crippen LogP contribution is 2.24. The molecule has 0 saturated carbocycles. The Hall–Kier alpha value is -2.80. The van der Waals surface area contributed by atoms with Crippen molar-refractivity contribution in [2.24, 2.45) is 13.0 Å². The van der Waals surface area contributed by atoms with Gasteiger partial charge >= 0.3 is 0 Å². The number of nitrogens with one attached hydrogen (secondary N) is 1. The van der Waals surface area contributed by atoms with Crippen molar-refractivity contribution < 1.29 is 0 Å². The van der Waals surface area contributed by atoms with Gasteiger partial charge in [0.05, 0.1) is 12.4 Å². The van der Waals surface area contributed by atoms with Crippen molar-refractivity contribution in [2.45, 2.75) is 32.2 Å². The Balaban J connectivity index is 1.23. The zero-order chi connectivity index (χ0) is 19.2. The molecule has 3 aromatic rings. The summed E-state index contributed by atoms with van der Waals surface area (Å²) in [5.74, 6) is 2.34. The molecule has 1 fully saturated rings. The van der Waals surface area contributed by atoms with Gasteiger partial charge < -0.3 is 5.32 Å². The number of hydrogen-bond acceptors (Lipinski definition) is 6. The van der Waals surface area contributed by atoms with Gasteiger partial charge in [-0.15, -0.1) is 0 Å². The molecule has 1 aliphatic heterocycles. The van der Waals surface area contributed by atoms with Gasteiger partial charge in [-0.1, -0.05) is 0 Å². The Kier molecular flexibility index (Phi) is 5.92. The molecule has 1 N–H and O–H groups in total. The molecule has 0 unspecified atom stereocenters. The van der Waals surface area contributed by atoms with E-state index in [2.05, 4.69) is 48.6 Å². The molecule has 0 aromatic carbocycles. The molecule has 1 saturated heterocycles. The summed E-state index contributed by atoms with van der Waals surface area (Å²) in [5.41, 5.74) is 2.63. The Morgan fingerprint density at radius 3 is 2.64 bits per heavy atom. The third-order valence-electron chi connectivity index (χ3n) is 5.36. The predicted octanol–water partition coefficient (Wildman–Crippen LogP) is 3.19. The van der Waals surface area contributed by atoms with Gasteiger partial charge in [0, 0.05) is 43.9 Å². The van der Waals surface area contributed by atoms with Crippen LogP contribution in [0.4, 0.5) is 11.6 Å². The number of pyridine rings is 1. The van der Waals surface area contributed by atoms with Crippen LogP contribution in [0.15, 0.2) is 49.3 Å². The summed E-state index contributed by atoms with van der Waals surface area (Å²) < 4.78 is 1.88. The van der Waals surface area contributed by atoms with Gasteiger partial charge in [0.25, 0.3) is 0 Å². The van der Waals surface area contributed by atoms with Crippen LogP contribution in [-0.4, -0.2) is 42.7 Å². The number of aromatic nitrogens is 5. The summed E-state index contributed by atoms with van der Waals surface area (Å²) >= 11 is 0. The zero-order valence-corrected chi connectivity index (χ0v) is 16.3. The average molecular weight is 377 g/mol. The van der Waals surface area contributed by atoms with Crippen LogP contribution in [0.2, 0.25) is 0 Å². The van der Waals surface area contributed by atoms with E-state index >= 15 is 0 Å². The molecule has 7 heteroatoms. The second-order valence-electron chi connectivity index (χ2n) is 7.55. The molecule has 4 rings (SSSR count). The van der Waals surface area contributed by atoms with Gasteiger partial charge in [-0.25, -0.2) is 9.97 Å². The topological polar surface area (TPSA) is 71.8 Å². The van der Waals surface area contributed by atoms with Gasteiger partial charge in [0.1, 0.15) is 11.6 Å². The summed E-state index contributed by atoms with van der Waals surface area (Å²) in [4.78, 5) is 15.2. The maximum Gasteiger partial charge on any atom is 0.150 e. The molecule has 7 nitrogen and oxygen atoms in total. The van der Waals surface area contributed by atoms with Crippen molar-refractivity contribution in [3.63, 3.8) is 0 Å². The number of rotatable bonds is 7. The zero-order valence-electron chi connectivity index (χ0n) is 16.3. The van der Waals surface area contributed by atoms with E-state index in [-0.39, 0.29) is 0 Å². The van der Waals surface area contributed by atoms with Crippen LogP contribution in [-0.2, 0) is 20.0 Å². The van der Waals surface area contributed by atoms with E-state index in [0.717, 1.165) is 24.7 Å². The second-order valence-corrected chi connectivity index (χ2v) is 7.55. The normalized spacial score (nSPS) is 15.6. The number of nitrogens with zero attached hydrogens (tertiary/aromatic N) is 6. The lowest BCUT2D eigenvalue weighted by Gasteiger charge is -2.31. The maximum atomic E-state index is 4.39. The van der Waals surface area contributed by atoms with Crippen LogP contribution in [0, 0.1) is 5.92 Å². The van der Waals surface area contributed by atoms with Crippen LogP contribution in [0.1, 0.15) is 30.4 Å². The highest BCUT2D eigenvalue weighted by Gasteiger charge is 2.19. The first kappa shape index (κ1) is 18.6. The molecular formula is C21H27N7. The number of aryl methyl sites for hydroxylation is 2. The molecule has 0 radical (unpaired) electrons. The molecule has 0 amide bonds. The van der Waals surface area contributed by atoms with E-state index in [1.165, 1.54) is 43.5 Å². The number of anilines is 2. The number of piperidine rings is 1. The fraction of sp³-hybridized carbons (Fsp3) is 0.429. The largest absolute Gasteiger partial charge is 0.324 e. The molecule has 28 heavy (non-hydrogen) atoms. The van der Waals surface area contributed by atoms with Gasteiger partial charge in [-0.2, -0.15) is 5.10 Å². The Labute approximate surface area is 165 Å². The molecule has 1 aliphatic rings. The van der Waals surface area contributed by atoms with Crippen LogP contribution >= 0.6 is 0 Å². The molecule has 0 spiro atoms. The fourth-order valence-electron chi connectivity index (χ4n) is 3.81. The lowest BCUT2D eigenvalue weighted by molar-refractivity contribution is 0.172. The van der Waals surface area contributed by atoms with E-state index in [9.17, 15) is 0 Å². The first-order valence-corrected chi connectivity index (χ1v) is 9.92. The number of likely N-dealkylation sites (tertiary alicyclic amines) is 1. The van der Waals surface area contributed by atoms with Crippen molar-refractivity contribution >= 4 is 11.6 Å². The van der Waals surface area contributed by atoms with Crippen molar-refractivity contribution in [3.05, 3.63) is 60.4 Å². The SMILES string of the molecule is Cn1cc(CN2CCC(CCc3ccnc(Nc4cnccn4)c3)CC2)cn1. The van der Waals surface area contributed by atoms with Crippen molar-refractivity contribution in [1.82, 2.24) is 29.6 Å². The minimum atomic E-state index is 0.716. The van der Waals surface area contributed by atoms with E-state index in [1.807, 2.05) is 24.1 Å². The van der Waals surface area contributed by atoms with Crippen LogP contribution in [0.5, 0.6) is 0 Å². The summed E-state index contributed by atoms with van der Waals surface area (Å²) in [6, 6.07) is 4.23. The molecule has 146 valence electrons. The predicted molar refractivity (Wildman–Crippen MR) is 109 cm³/mol. The van der Waals surface area contributed by atoms with Crippen molar-refractivity contribution in [3.8, 4) is 0 Å². The third-order valence-corrected chi connectivity index (χ3v) is 5.36. The van der Waals surface area contributed by atoms with E-state index in [1.54, 1.807) is 18.6 Å². The lowest BCUT2D eigenvalue weighted by atomic mass is 9.90. The molecule has 0 aliphatic carbocycles. The van der Waals surface area contributed by atoms with E-state index in [4.69, 9.17) is 0 Å². The summed E-state index contributed by atoms with van der Waals surface area (Å²) in [6.45, 7) is 3.37. The monoisotopic (exact) mass is 377 g/mol. The Morgan fingerprint density at radius 2 is 1.89 bits per heavy atom. The lowest BCUT2D eigenvalue weighted by Crippen LogP contribution is -2.33. The minimum absolute atomic E-state index is 0.716. The third kappa shape index (κ3) is 5.13. The van der Waals surface area contributed by atoms with Crippen LogP contribution < -0.4 is 5.32 Å². The Morgan fingerprint density at radius 1 is 1.04 bits per heavy atom. The first-order valence-electron chi connectivity index (χ1n) is 9.92. The average Bonchev–Trinajstić information content (AvgIpc) is 3.13. The maximum absolute atomic E-state index is 4.39. The van der Waals surface area contributed by atoms with Gasteiger partial charge in [-0.05, 0) is 62.4 Å². The second kappa shape index (κ2) is 8.93. The van der Waals surface area contributed by atoms with Crippen molar-refractivity contribution in [1.29, 1.82) is 0 Å². The van der Waals surface area contributed by atoms with E-state index < -0.39 is 0 Å². The molecule has 3 aromatic heterocycles. The van der Waals surface area contributed by atoms with Gasteiger partial charge in [-0.3, -0.25) is 14.6 Å². The van der Waals surface area contributed by atoms with Gasteiger partial charge in [0.15, 0.2) is 0 Å².